The van der Waals surface area contributed by atoms with Crippen LogP contribution in [0.15, 0.2) is 11.6 Å². The van der Waals surface area contributed by atoms with Crippen molar-refractivity contribution in [1.82, 2.24) is 19.9 Å². The minimum absolute atomic E-state index is 0.0304. The summed E-state index contributed by atoms with van der Waals surface area (Å²) in [7, 11) is 0. The molecule has 0 saturated carbocycles. The zero-order chi connectivity index (χ0) is 16.6. The van der Waals surface area contributed by atoms with Crippen molar-refractivity contribution in [3.8, 4) is 0 Å². The van der Waals surface area contributed by atoms with Crippen molar-refractivity contribution in [3.05, 3.63) is 33.8 Å². The standard InChI is InChI=1S/C17H24N4OS/c1-11-18-9-12(19-11)16(22)21-8-6-5-7-13(21)15-20-14(10-23-15)17(2,3)4/h9-10,13H,5-8H2,1-4H3,(H,18,19)/t13-/m0/s1. The first-order chi connectivity index (χ1) is 10.9. The number of imidazole rings is 1. The van der Waals surface area contributed by atoms with Crippen LogP contribution in [-0.2, 0) is 5.41 Å². The van der Waals surface area contributed by atoms with E-state index >= 15 is 0 Å². The zero-order valence-electron chi connectivity index (χ0n) is 14.2. The molecule has 0 bridgehead atoms. The van der Waals surface area contributed by atoms with Crippen LogP contribution in [0, 0.1) is 6.92 Å². The molecule has 23 heavy (non-hydrogen) atoms. The number of aryl methyl sites for hydroxylation is 1. The number of H-pyrrole nitrogens is 1. The molecule has 1 aliphatic rings. The van der Waals surface area contributed by atoms with Crippen LogP contribution in [0.4, 0.5) is 0 Å². The predicted molar refractivity (Wildman–Crippen MR) is 91.8 cm³/mol. The van der Waals surface area contributed by atoms with Crippen molar-refractivity contribution in [2.75, 3.05) is 6.54 Å². The smallest absolute Gasteiger partial charge is 0.272 e. The van der Waals surface area contributed by atoms with E-state index in [0.717, 1.165) is 42.3 Å². The quantitative estimate of drug-likeness (QED) is 0.909. The first-order valence-electron chi connectivity index (χ1n) is 8.15. The Morgan fingerprint density at radius 3 is 2.78 bits per heavy atom. The van der Waals surface area contributed by atoms with Crippen molar-refractivity contribution in [2.45, 2.75) is 58.4 Å². The minimum Gasteiger partial charge on any atom is -0.338 e. The van der Waals surface area contributed by atoms with Gasteiger partial charge in [0.05, 0.1) is 17.9 Å². The van der Waals surface area contributed by atoms with Gasteiger partial charge in [-0.15, -0.1) is 11.3 Å². The Morgan fingerprint density at radius 2 is 2.17 bits per heavy atom. The summed E-state index contributed by atoms with van der Waals surface area (Å²) in [6.45, 7) is 9.15. The van der Waals surface area contributed by atoms with Crippen LogP contribution in [-0.4, -0.2) is 32.3 Å². The summed E-state index contributed by atoms with van der Waals surface area (Å²) < 4.78 is 0. The van der Waals surface area contributed by atoms with Crippen molar-refractivity contribution < 1.29 is 4.79 Å². The number of carbonyl (C=O) groups is 1. The number of hydrogen-bond acceptors (Lipinski definition) is 4. The highest BCUT2D eigenvalue weighted by atomic mass is 32.1. The van der Waals surface area contributed by atoms with Gasteiger partial charge in [0.2, 0.25) is 0 Å². The van der Waals surface area contributed by atoms with E-state index in [1.807, 2.05) is 11.8 Å². The highest BCUT2D eigenvalue weighted by Gasteiger charge is 2.32. The van der Waals surface area contributed by atoms with Crippen LogP contribution in [0.3, 0.4) is 0 Å². The van der Waals surface area contributed by atoms with Gasteiger partial charge in [0.25, 0.3) is 5.91 Å². The molecule has 3 rings (SSSR count). The van der Waals surface area contributed by atoms with Gasteiger partial charge in [-0.25, -0.2) is 9.97 Å². The fourth-order valence-electron chi connectivity index (χ4n) is 2.90. The van der Waals surface area contributed by atoms with Crippen molar-refractivity contribution in [1.29, 1.82) is 0 Å². The number of nitrogens with zero attached hydrogens (tertiary/aromatic N) is 3. The fraction of sp³-hybridized carbons (Fsp3) is 0.588. The van der Waals surface area contributed by atoms with Crippen LogP contribution in [0.5, 0.6) is 0 Å². The summed E-state index contributed by atoms with van der Waals surface area (Å²) in [5.41, 5.74) is 1.72. The van der Waals surface area contributed by atoms with E-state index in [2.05, 4.69) is 36.1 Å². The Morgan fingerprint density at radius 1 is 1.39 bits per heavy atom. The average molecular weight is 332 g/mol. The monoisotopic (exact) mass is 332 g/mol. The molecule has 124 valence electrons. The number of carbonyl (C=O) groups excluding carboxylic acids is 1. The lowest BCUT2D eigenvalue weighted by Gasteiger charge is -2.34. The van der Waals surface area contributed by atoms with Gasteiger partial charge < -0.3 is 9.88 Å². The lowest BCUT2D eigenvalue weighted by molar-refractivity contribution is 0.0605. The molecule has 5 nitrogen and oxygen atoms in total. The maximum atomic E-state index is 12.8. The lowest BCUT2D eigenvalue weighted by Crippen LogP contribution is -2.38. The Balaban J connectivity index is 1.87. The van der Waals surface area contributed by atoms with Crippen LogP contribution < -0.4 is 0 Å². The Bertz CT molecular complexity index is 698. The van der Waals surface area contributed by atoms with E-state index in [-0.39, 0.29) is 17.4 Å². The Hall–Kier alpha value is -1.69. The van der Waals surface area contributed by atoms with Crippen LogP contribution in [0.1, 0.15) is 73.1 Å². The van der Waals surface area contributed by atoms with E-state index in [4.69, 9.17) is 4.98 Å². The van der Waals surface area contributed by atoms with E-state index in [9.17, 15) is 4.79 Å². The largest absolute Gasteiger partial charge is 0.338 e. The lowest BCUT2D eigenvalue weighted by atomic mass is 9.93. The van der Waals surface area contributed by atoms with Crippen molar-refractivity contribution >= 4 is 17.2 Å². The molecule has 0 radical (unpaired) electrons. The molecule has 0 unspecified atom stereocenters. The number of nitrogens with one attached hydrogen (secondary N) is 1. The molecular weight excluding hydrogens is 308 g/mol. The summed E-state index contributed by atoms with van der Waals surface area (Å²) >= 11 is 1.67. The second kappa shape index (κ2) is 6.07. The Kier molecular flexibility index (Phi) is 4.27. The number of hydrogen-bond donors (Lipinski definition) is 1. The molecule has 1 atom stereocenters. The number of amides is 1. The topological polar surface area (TPSA) is 61.9 Å². The first-order valence-corrected chi connectivity index (χ1v) is 9.02. The molecule has 1 amide bonds. The number of rotatable bonds is 2. The summed E-state index contributed by atoms with van der Waals surface area (Å²) in [5.74, 6) is 0.800. The van der Waals surface area contributed by atoms with Crippen LogP contribution in [0.2, 0.25) is 0 Å². The molecule has 0 aliphatic carbocycles. The number of piperidine rings is 1. The molecule has 3 heterocycles. The van der Waals surface area contributed by atoms with Gasteiger partial charge in [0.15, 0.2) is 0 Å². The maximum Gasteiger partial charge on any atom is 0.272 e. The van der Waals surface area contributed by atoms with Gasteiger partial charge in [-0.3, -0.25) is 4.79 Å². The van der Waals surface area contributed by atoms with E-state index in [1.165, 1.54) is 0 Å². The van der Waals surface area contributed by atoms with Gasteiger partial charge in [0, 0.05) is 17.3 Å². The molecular formula is C17H24N4OS. The van der Waals surface area contributed by atoms with Gasteiger partial charge in [0.1, 0.15) is 16.5 Å². The first kappa shape index (κ1) is 16.2. The highest BCUT2D eigenvalue weighted by molar-refractivity contribution is 7.09. The van der Waals surface area contributed by atoms with Gasteiger partial charge in [-0.1, -0.05) is 20.8 Å². The second-order valence-electron chi connectivity index (χ2n) is 7.21. The maximum absolute atomic E-state index is 12.8. The molecule has 2 aromatic rings. The van der Waals surface area contributed by atoms with E-state index in [0.29, 0.717) is 5.69 Å². The van der Waals surface area contributed by atoms with Gasteiger partial charge >= 0.3 is 0 Å². The number of aromatic amines is 1. The molecule has 1 fully saturated rings. The summed E-state index contributed by atoms with van der Waals surface area (Å²) in [4.78, 5) is 26.8. The normalized spacial score (nSPS) is 19.1. The minimum atomic E-state index is 0.0304. The molecule has 0 aromatic carbocycles. The predicted octanol–water partition coefficient (Wildman–Crippen LogP) is 3.84. The highest BCUT2D eigenvalue weighted by Crippen LogP contribution is 2.35. The third-order valence-corrected chi connectivity index (χ3v) is 5.22. The summed E-state index contributed by atoms with van der Waals surface area (Å²) in [6.07, 6.45) is 4.80. The molecule has 1 saturated heterocycles. The average Bonchev–Trinajstić information content (AvgIpc) is 3.15. The molecule has 0 spiro atoms. The molecule has 1 N–H and O–H groups in total. The van der Waals surface area contributed by atoms with Gasteiger partial charge in [-0.2, -0.15) is 0 Å². The fourth-order valence-corrected chi connectivity index (χ4v) is 4.09. The van der Waals surface area contributed by atoms with Crippen molar-refractivity contribution in [2.24, 2.45) is 0 Å². The number of thiazole rings is 1. The van der Waals surface area contributed by atoms with Crippen LogP contribution in [0.25, 0.3) is 0 Å². The van der Waals surface area contributed by atoms with Crippen LogP contribution >= 0.6 is 11.3 Å². The summed E-state index contributed by atoms with van der Waals surface area (Å²) in [6, 6.07) is 0.0842. The van der Waals surface area contributed by atoms with E-state index in [1.54, 1.807) is 17.5 Å². The number of aromatic nitrogens is 3. The van der Waals surface area contributed by atoms with Gasteiger partial charge in [-0.05, 0) is 26.2 Å². The second-order valence-corrected chi connectivity index (χ2v) is 8.10. The van der Waals surface area contributed by atoms with E-state index < -0.39 is 0 Å². The van der Waals surface area contributed by atoms with Crippen molar-refractivity contribution in [3.63, 3.8) is 0 Å². The molecule has 2 aromatic heterocycles. The number of likely N-dealkylation sites (tertiary alicyclic amines) is 1. The Labute approximate surface area is 141 Å². The third kappa shape index (κ3) is 3.32. The SMILES string of the molecule is Cc1ncc(C(=O)N2CCCC[C@H]2c2nc(C(C)(C)C)cs2)[nH]1. The molecule has 1 aliphatic heterocycles. The third-order valence-electron chi connectivity index (χ3n) is 4.27. The summed E-state index contributed by atoms with van der Waals surface area (Å²) in [5, 5.41) is 3.19. The zero-order valence-corrected chi connectivity index (χ0v) is 15.0. The molecule has 6 heteroatoms.